The third-order valence-corrected chi connectivity index (χ3v) is 7.11. The fourth-order valence-corrected chi connectivity index (χ4v) is 4.63. The van der Waals surface area contributed by atoms with Gasteiger partial charge < -0.3 is 0 Å². The molecule has 76 valence electrons. The lowest BCUT2D eigenvalue weighted by Gasteiger charge is -2.28. The van der Waals surface area contributed by atoms with E-state index in [9.17, 15) is 0 Å². The van der Waals surface area contributed by atoms with Crippen LogP contribution in [-0.4, -0.2) is 14.0 Å². The van der Waals surface area contributed by atoms with Crippen LogP contribution in [0.2, 0.25) is 24.7 Å². The van der Waals surface area contributed by atoms with Gasteiger partial charge in [0, 0.05) is 0 Å². The monoisotopic (exact) mass is 198 g/mol. The maximum absolute atomic E-state index is 8.57. The molecule has 0 N–H and O–H groups in total. The molecule has 0 aromatic heterocycles. The van der Waals surface area contributed by atoms with Crippen LogP contribution in [0.3, 0.4) is 0 Å². The Bertz CT molecular complexity index is 181. The zero-order valence-electron chi connectivity index (χ0n) is 9.44. The molecule has 0 atom stereocenters. The molecule has 1 nitrogen and oxygen atoms in total. The minimum absolute atomic E-state index is 0.795. The molecule has 0 aliphatic heterocycles. The largest absolute Gasteiger partial charge is 0.234 e. The van der Waals surface area contributed by atoms with Crippen molar-refractivity contribution in [2.24, 2.45) is 0 Å². The summed E-state index contributed by atoms with van der Waals surface area (Å²) in [5, 5.41) is 0.877. The van der Waals surface area contributed by atoms with Gasteiger partial charge in [-0.05, 0) is 24.5 Å². The van der Waals surface area contributed by atoms with Crippen LogP contribution in [0.5, 0.6) is 0 Å². The third-order valence-electron chi connectivity index (χ3n) is 3.17. The van der Waals surface area contributed by atoms with Gasteiger partial charge >= 0.3 is 0 Å². The van der Waals surface area contributed by atoms with Gasteiger partial charge in [-0.2, -0.15) is 0 Å². The maximum Gasteiger partial charge on any atom is 0.116 e. The first-order valence-electron chi connectivity index (χ1n) is 5.08. The molecule has 0 unspecified atom stereocenters. The van der Waals surface area contributed by atoms with Gasteiger partial charge in [-0.15, -0.1) is 0 Å². The quantitative estimate of drug-likeness (QED) is 0.499. The number of hydrogen-bond acceptors (Lipinski definition) is 1. The Labute approximate surface area is 83.2 Å². The topological polar surface area (TPSA) is 17.1 Å². The van der Waals surface area contributed by atoms with E-state index in [1.807, 2.05) is 0 Å². The Morgan fingerprint density at radius 3 is 1.85 bits per heavy atom. The van der Waals surface area contributed by atoms with Crippen LogP contribution in [0.25, 0.3) is 0 Å². The first-order chi connectivity index (χ1) is 5.93. The molecule has 13 heavy (non-hydrogen) atoms. The molecule has 2 heteroatoms. The van der Waals surface area contributed by atoms with E-state index in [1.54, 1.807) is 0 Å². The molecule has 0 aromatic rings. The minimum Gasteiger partial charge on any atom is -0.234 e. The van der Waals surface area contributed by atoms with Gasteiger partial charge in [0.2, 0.25) is 0 Å². The Balaban J connectivity index is 0.000000424. The predicted octanol–water partition coefficient (Wildman–Crippen LogP) is 3.66. The van der Waals surface area contributed by atoms with E-state index in [-0.39, 0.29) is 0 Å². The second-order valence-electron chi connectivity index (χ2n) is 4.92. The van der Waals surface area contributed by atoms with E-state index >= 15 is 0 Å². The van der Waals surface area contributed by atoms with E-state index in [0.717, 1.165) is 5.04 Å². The van der Waals surface area contributed by atoms with Crippen LogP contribution >= 0.6 is 0 Å². The van der Waals surface area contributed by atoms with Gasteiger partial charge in [-0.1, -0.05) is 39.4 Å². The van der Waals surface area contributed by atoms with Gasteiger partial charge in [0.1, 0.15) is 5.94 Å². The van der Waals surface area contributed by atoms with Crippen LogP contribution in [0, 0.1) is 0 Å². The highest BCUT2D eigenvalue weighted by molar-refractivity contribution is 6.80. The lowest BCUT2D eigenvalue weighted by atomic mass is 10.2. The summed E-state index contributed by atoms with van der Waals surface area (Å²) in [5.41, 5.74) is 0. The molecule has 0 heterocycles. The molecule has 1 aliphatic rings. The van der Waals surface area contributed by atoms with Gasteiger partial charge in [-0.25, -0.2) is 4.79 Å². The number of hydrogen-bond donors (Lipinski definition) is 0. The smallest absolute Gasteiger partial charge is 0.116 e. The summed E-state index contributed by atoms with van der Waals surface area (Å²) in [4.78, 5) is 8.57. The zero-order valence-corrected chi connectivity index (χ0v) is 10.4. The van der Waals surface area contributed by atoms with E-state index in [1.165, 1.54) is 31.6 Å². The SMILES string of the molecule is C=C=O.CCCC1([Si](C)(C)C)CC1. The predicted molar refractivity (Wildman–Crippen MR) is 61.5 cm³/mol. The Kier molecular flexibility index (Phi) is 4.66. The normalized spacial score (nSPS) is 18.2. The molecule has 1 aliphatic carbocycles. The summed E-state index contributed by atoms with van der Waals surface area (Å²) in [6.07, 6.45) is 5.97. The van der Waals surface area contributed by atoms with Crippen LogP contribution < -0.4 is 0 Å². The van der Waals surface area contributed by atoms with E-state index < -0.39 is 8.07 Å². The highest BCUT2D eigenvalue weighted by Gasteiger charge is 2.51. The molecular weight excluding hydrogens is 176 g/mol. The molecule has 0 radical (unpaired) electrons. The first kappa shape index (κ1) is 12.7. The van der Waals surface area contributed by atoms with E-state index in [0.29, 0.717) is 0 Å². The van der Waals surface area contributed by atoms with Crippen molar-refractivity contribution in [2.45, 2.75) is 57.3 Å². The molecule has 0 amide bonds. The first-order valence-corrected chi connectivity index (χ1v) is 8.58. The van der Waals surface area contributed by atoms with Gasteiger partial charge in [0.05, 0.1) is 8.07 Å². The summed E-state index contributed by atoms with van der Waals surface area (Å²) in [6, 6.07) is 0. The Hall–Kier alpha value is -0.333. The highest BCUT2D eigenvalue weighted by atomic mass is 28.3. The molecular formula is C11H22OSi. The van der Waals surface area contributed by atoms with Gasteiger partial charge in [-0.3, -0.25) is 0 Å². The van der Waals surface area contributed by atoms with E-state index in [4.69, 9.17) is 4.79 Å². The van der Waals surface area contributed by atoms with Gasteiger partial charge in [0.15, 0.2) is 0 Å². The number of rotatable bonds is 3. The number of carbonyl (C=O) groups excluding carboxylic acids is 1. The Morgan fingerprint density at radius 2 is 1.77 bits per heavy atom. The fourth-order valence-electron chi connectivity index (χ4n) is 2.00. The van der Waals surface area contributed by atoms with Crippen molar-refractivity contribution in [2.75, 3.05) is 0 Å². The molecule has 1 rings (SSSR count). The third kappa shape index (κ3) is 3.49. The zero-order chi connectivity index (χ0) is 10.5. The highest BCUT2D eigenvalue weighted by Crippen LogP contribution is 2.63. The van der Waals surface area contributed by atoms with E-state index in [2.05, 4.69) is 33.1 Å². The average Bonchev–Trinajstić information content (AvgIpc) is 2.69. The molecule has 1 saturated carbocycles. The summed E-state index contributed by atoms with van der Waals surface area (Å²) >= 11 is 0. The average molecular weight is 198 g/mol. The van der Waals surface area contributed by atoms with Crippen LogP contribution in [-0.2, 0) is 4.79 Å². The van der Waals surface area contributed by atoms with Crippen molar-refractivity contribution in [3.63, 3.8) is 0 Å². The summed E-state index contributed by atoms with van der Waals surface area (Å²) < 4.78 is 0. The second-order valence-corrected chi connectivity index (χ2v) is 10.5. The van der Waals surface area contributed by atoms with Crippen molar-refractivity contribution in [3.8, 4) is 0 Å². The van der Waals surface area contributed by atoms with Crippen molar-refractivity contribution in [1.29, 1.82) is 0 Å². The van der Waals surface area contributed by atoms with Crippen molar-refractivity contribution < 1.29 is 4.79 Å². The minimum atomic E-state index is -0.795. The lowest BCUT2D eigenvalue weighted by Crippen LogP contribution is -2.29. The summed E-state index contributed by atoms with van der Waals surface area (Å²) in [6.45, 7) is 12.6. The lowest BCUT2D eigenvalue weighted by molar-refractivity contribution is 0.569. The molecule has 0 spiro atoms. The Morgan fingerprint density at radius 1 is 1.38 bits per heavy atom. The molecule has 0 bridgehead atoms. The molecule has 0 saturated heterocycles. The maximum atomic E-state index is 8.57. The van der Waals surface area contributed by atoms with Crippen LogP contribution in [0.4, 0.5) is 0 Å². The van der Waals surface area contributed by atoms with Crippen molar-refractivity contribution in [3.05, 3.63) is 6.58 Å². The van der Waals surface area contributed by atoms with Crippen molar-refractivity contribution >= 4 is 14.0 Å². The second kappa shape index (κ2) is 4.78. The fraction of sp³-hybridized carbons (Fsp3) is 0.818. The molecule has 0 aromatic carbocycles. The van der Waals surface area contributed by atoms with Crippen molar-refractivity contribution in [1.82, 2.24) is 0 Å². The van der Waals surface area contributed by atoms with Crippen LogP contribution in [0.15, 0.2) is 6.58 Å². The standard InChI is InChI=1S/C9H20Si.C2H2O/c1-5-6-9(7-8-9)10(2,3)4;1-2-3/h5-8H2,1-4H3;1H2. The molecule has 1 fully saturated rings. The summed E-state index contributed by atoms with van der Waals surface area (Å²) in [7, 11) is -0.795. The van der Waals surface area contributed by atoms with Gasteiger partial charge in [0.25, 0.3) is 0 Å². The van der Waals surface area contributed by atoms with Crippen LogP contribution in [0.1, 0.15) is 32.6 Å². The summed E-state index contributed by atoms with van der Waals surface area (Å²) in [5.74, 6) is 1.25.